The fourth-order valence-electron chi connectivity index (χ4n) is 3.55. The van der Waals surface area contributed by atoms with Crippen LogP contribution in [0.2, 0.25) is 0 Å². The summed E-state index contributed by atoms with van der Waals surface area (Å²) in [5.41, 5.74) is 1.49. The Morgan fingerprint density at radius 1 is 1.00 bits per heavy atom. The summed E-state index contributed by atoms with van der Waals surface area (Å²) in [5.74, 6) is 0.647. The van der Waals surface area contributed by atoms with E-state index >= 15 is 0 Å². The predicted octanol–water partition coefficient (Wildman–Crippen LogP) is 2.26. The SMILES string of the molecule is CCC[NH+](CCC)CC(O)CN(c1ccc(OC)cc1)S(=O)(=O)c1ccc(C)cc1. The van der Waals surface area contributed by atoms with E-state index in [0.29, 0.717) is 18.0 Å². The molecule has 0 saturated carbocycles. The summed E-state index contributed by atoms with van der Waals surface area (Å²) in [6.07, 6.45) is 1.26. The monoisotopic (exact) mass is 435 g/mol. The van der Waals surface area contributed by atoms with E-state index in [1.54, 1.807) is 55.6 Å². The summed E-state index contributed by atoms with van der Waals surface area (Å²) in [6.45, 7) is 8.58. The lowest BCUT2D eigenvalue weighted by Gasteiger charge is -2.28. The van der Waals surface area contributed by atoms with E-state index < -0.39 is 16.1 Å². The van der Waals surface area contributed by atoms with Gasteiger partial charge < -0.3 is 14.7 Å². The van der Waals surface area contributed by atoms with Gasteiger partial charge >= 0.3 is 0 Å². The summed E-state index contributed by atoms with van der Waals surface area (Å²) < 4.78 is 33.4. The molecule has 0 bridgehead atoms. The number of quaternary nitrogens is 1. The van der Waals surface area contributed by atoms with Gasteiger partial charge in [-0.15, -0.1) is 0 Å². The highest BCUT2D eigenvalue weighted by molar-refractivity contribution is 7.92. The van der Waals surface area contributed by atoms with Crippen LogP contribution in [-0.2, 0) is 10.0 Å². The van der Waals surface area contributed by atoms with Gasteiger partial charge in [0.15, 0.2) is 0 Å². The smallest absolute Gasteiger partial charge is 0.264 e. The Kier molecular flexibility index (Phi) is 9.14. The Morgan fingerprint density at radius 2 is 1.57 bits per heavy atom. The van der Waals surface area contributed by atoms with Crippen molar-refractivity contribution in [2.45, 2.75) is 44.6 Å². The van der Waals surface area contributed by atoms with Gasteiger partial charge in [0.25, 0.3) is 10.0 Å². The van der Waals surface area contributed by atoms with Gasteiger partial charge in [-0.05, 0) is 56.2 Å². The zero-order valence-corrected chi connectivity index (χ0v) is 19.3. The number of anilines is 1. The number of nitrogens with one attached hydrogen (secondary N) is 1. The van der Waals surface area contributed by atoms with E-state index in [1.165, 1.54) is 9.21 Å². The number of methoxy groups -OCH3 is 1. The number of ether oxygens (including phenoxy) is 1. The minimum Gasteiger partial charge on any atom is -0.497 e. The Hall–Kier alpha value is -2.09. The molecule has 0 radical (unpaired) electrons. The Balaban J connectivity index is 2.34. The zero-order valence-electron chi connectivity index (χ0n) is 18.5. The van der Waals surface area contributed by atoms with Crippen LogP contribution >= 0.6 is 0 Å². The number of benzene rings is 2. The van der Waals surface area contributed by atoms with Crippen molar-refractivity contribution < 1.29 is 23.2 Å². The van der Waals surface area contributed by atoms with E-state index in [4.69, 9.17) is 4.74 Å². The Morgan fingerprint density at radius 3 is 2.07 bits per heavy atom. The highest BCUT2D eigenvalue weighted by Crippen LogP contribution is 2.26. The molecule has 2 aromatic rings. The van der Waals surface area contributed by atoms with Gasteiger partial charge in [0.2, 0.25) is 0 Å². The van der Waals surface area contributed by atoms with Crippen molar-refractivity contribution in [3.63, 3.8) is 0 Å². The molecule has 166 valence electrons. The van der Waals surface area contributed by atoms with E-state index in [0.717, 1.165) is 31.5 Å². The number of nitrogens with zero attached hydrogens (tertiary/aromatic N) is 1. The lowest BCUT2D eigenvalue weighted by molar-refractivity contribution is -0.903. The molecule has 2 aromatic carbocycles. The minimum atomic E-state index is -3.82. The van der Waals surface area contributed by atoms with Gasteiger partial charge in [-0.2, -0.15) is 0 Å². The minimum absolute atomic E-state index is 0.000529. The first-order valence-electron chi connectivity index (χ1n) is 10.6. The number of aliphatic hydroxyl groups excluding tert-OH is 1. The lowest BCUT2D eigenvalue weighted by Crippen LogP contribution is -3.13. The largest absolute Gasteiger partial charge is 0.497 e. The summed E-state index contributed by atoms with van der Waals surface area (Å²) in [6, 6.07) is 13.7. The molecule has 7 heteroatoms. The van der Waals surface area contributed by atoms with Crippen LogP contribution < -0.4 is 13.9 Å². The van der Waals surface area contributed by atoms with E-state index in [2.05, 4.69) is 13.8 Å². The molecule has 1 unspecified atom stereocenters. The van der Waals surface area contributed by atoms with Gasteiger partial charge in [0, 0.05) is 0 Å². The maximum absolute atomic E-state index is 13.4. The average molecular weight is 436 g/mol. The fraction of sp³-hybridized carbons (Fsp3) is 0.478. The van der Waals surface area contributed by atoms with Gasteiger partial charge in [-0.3, -0.25) is 4.31 Å². The van der Waals surface area contributed by atoms with Crippen molar-refractivity contribution in [3.8, 4) is 5.75 Å². The molecule has 1 atom stereocenters. The third kappa shape index (κ3) is 6.45. The second kappa shape index (κ2) is 11.3. The molecule has 6 nitrogen and oxygen atoms in total. The van der Waals surface area contributed by atoms with Crippen LogP contribution in [0.5, 0.6) is 5.75 Å². The van der Waals surface area contributed by atoms with Crippen LogP contribution in [0.15, 0.2) is 53.4 Å². The van der Waals surface area contributed by atoms with Gasteiger partial charge in [0.05, 0.1) is 37.3 Å². The Bertz CT molecular complexity index is 861. The number of hydrogen-bond acceptors (Lipinski definition) is 4. The first kappa shape index (κ1) is 24.2. The maximum atomic E-state index is 13.4. The van der Waals surface area contributed by atoms with Crippen LogP contribution in [0.4, 0.5) is 5.69 Å². The number of aliphatic hydroxyl groups is 1. The molecule has 0 aliphatic heterocycles. The van der Waals surface area contributed by atoms with Crippen molar-refractivity contribution >= 4 is 15.7 Å². The molecular formula is C23H35N2O4S+. The number of rotatable bonds is 12. The molecule has 2 rings (SSSR count). The second-order valence-electron chi connectivity index (χ2n) is 7.66. The fourth-order valence-corrected chi connectivity index (χ4v) is 5.06. The molecule has 0 spiro atoms. The third-order valence-electron chi connectivity index (χ3n) is 5.08. The van der Waals surface area contributed by atoms with Crippen molar-refractivity contribution in [1.29, 1.82) is 0 Å². The standard InChI is InChI=1S/C23H34N2O4S/c1-5-15-24(16-6-2)17-21(26)18-25(20-9-11-22(29-4)12-10-20)30(27,28)23-13-7-19(3)8-14-23/h7-14,21,26H,5-6,15-18H2,1-4H3/p+1. The summed E-state index contributed by atoms with van der Waals surface area (Å²) >= 11 is 0. The van der Waals surface area contributed by atoms with Gasteiger partial charge in [0.1, 0.15) is 18.4 Å². The molecule has 0 aliphatic carbocycles. The van der Waals surface area contributed by atoms with Crippen LogP contribution in [-0.4, -0.2) is 52.9 Å². The highest BCUT2D eigenvalue weighted by Gasteiger charge is 2.28. The normalized spacial score (nSPS) is 12.7. The van der Waals surface area contributed by atoms with Gasteiger partial charge in [-0.1, -0.05) is 31.5 Å². The summed E-state index contributed by atoms with van der Waals surface area (Å²) in [7, 11) is -2.25. The van der Waals surface area contributed by atoms with Crippen LogP contribution in [0, 0.1) is 6.92 Å². The summed E-state index contributed by atoms with van der Waals surface area (Å²) in [4.78, 5) is 1.50. The van der Waals surface area contributed by atoms with Crippen LogP contribution in [0.3, 0.4) is 0 Å². The molecule has 0 aliphatic rings. The summed E-state index contributed by atoms with van der Waals surface area (Å²) in [5, 5.41) is 10.8. The molecule has 0 amide bonds. The third-order valence-corrected chi connectivity index (χ3v) is 6.89. The quantitative estimate of drug-likeness (QED) is 0.537. The molecule has 0 aromatic heterocycles. The molecular weight excluding hydrogens is 400 g/mol. The van der Waals surface area contributed by atoms with Crippen LogP contribution in [0.1, 0.15) is 32.3 Å². The zero-order chi connectivity index (χ0) is 22.1. The van der Waals surface area contributed by atoms with Gasteiger partial charge in [-0.25, -0.2) is 8.42 Å². The lowest BCUT2D eigenvalue weighted by atomic mass is 10.2. The molecule has 0 heterocycles. The van der Waals surface area contributed by atoms with Crippen molar-refractivity contribution in [3.05, 3.63) is 54.1 Å². The van der Waals surface area contributed by atoms with Crippen LogP contribution in [0.25, 0.3) is 0 Å². The van der Waals surface area contributed by atoms with E-state index in [-0.39, 0.29) is 11.4 Å². The van der Waals surface area contributed by atoms with E-state index in [1.807, 2.05) is 6.92 Å². The maximum Gasteiger partial charge on any atom is 0.264 e. The average Bonchev–Trinajstić information content (AvgIpc) is 2.73. The predicted molar refractivity (Wildman–Crippen MR) is 121 cm³/mol. The van der Waals surface area contributed by atoms with E-state index in [9.17, 15) is 13.5 Å². The molecule has 0 saturated heterocycles. The Labute approximate surface area is 181 Å². The molecule has 0 fully saturated rings. The first-order valence-corrected chi connectivity index (χ1v) is 12.0. The number of sulfonamides is 1. The van der Waals surface area contributed by atoms with Crippen molar-refractivity contribution in [2.75, 3.05) is 37.6 Å². The van der Waals surface area contributed by atoms with Crippen molar-refractivity contribution in [2.24, 2.45) is 0 Å². The second-order valence-corrected chi connectivity index (χ2v) is 9.52. The first-order chi connectivity index (χ1) is 14.3. The topological polar surface area (TPSA) is 71.3 Å². The van der Waals surface area contributed by atoms with Crippen molar-refractivity contribution in [1.82, 2.24) is 0 Å². The highest BCUT2D eigenvalue weighted by atomic mass is 32.2. The number of aryl methyl sites for hydroxylation is 1. The number of hydrogen-bond donors (Lipinski definition) is 2. The molecule has 2 N–H and O–H groups in total. The molecule has 30 heavy (non-hydrogen) atoms.